The van der Waals surface area contributed by atoms with Crippen molar-refractivity contribution in [2.24, 2.45) is 0 Å². The van der Waals surface area contributed by atoms with Gasteiger partial charge in [-0.25, -0.2) is 9.97 Å². The number of rotatable bonds is 6. The van der Waals surface area contributed by atoms with Crippen LogP contribution >= 0.6 is 0 Å². The lowest BCUT2D eigenvalue weighted by Crippen LogP contribution is -2.14. The molecule has 0 saturated heterocycles. The number of fused-ring (bicyclic) bond motifs is 22. The van der Waals surface area contributed by atoms with E-state index in [0.717, 1.165) is 55.9 Å². The van der Waals surface area contributed by atoms with Crippen LogP contribution in [-0.4, -0.2) is 23.7 Å². The fourth-order valence-electron chi connectivity index (χ4n) is 17.6. The normalized spacial score (nSPS) is 14.5. The molecule has 0 atom stereocenters. The predicted molar refractivity (Wildman–Crippen MR) is 392 cm³/mol. The number of benzene rings is 13. The van der Waals surface area contributed by atoms with Gasteiger partial charge in [-0.3, -0.25) is 0 Å². The van der Waals surface area contributed by atoms with Crippen LogP contribution in [0.25, 0.3) is 161 Å². The van der Waals surface area contributed by atoms with Gasteiger partial charge in [0.2, 0.25) is 0 Å². The molecule has 20 rings (SSSR count). The lowest BCUT2D eigenvalue weighted by molar-refractivity contribution is 0.660. The van der Waals surface area contributed by atoms with E-state index in [0.29, 0.717) is 5.82 Å². The van der Waals surface area contributed by atoms with E-state index >= 15 is 0 Å². The topological polar surface area (TPSA) is 40.6 Å². The molecule has 17 aromatic rings. The molecular formula is C89H63N5. The Morgan fingerprint density at radius 1 is 0.255 bits per heavy atom. The second-order valence-corrected chi connectivity index (χ2v) is 28.0. The molecule has 0 fully saturated rings. The van der Waals surface area contributed by atoms with Gasteiger partial charge in [-0.05, 0) is 140 Å². The smallest absolute Gasteiger partial charge is 0.160 e. The van der Waals surface area contributed by atoms with Crippen molar-refractivity contribution in [1.29, 1.82) is 0 Å². The molecule has 0 N–H and O–H groups in total. The average Bonchev–Trinajstić information content (AvgIpc) is 1.55. The SMILES string of the molecule is CC1(C)c2ccccc2-c2c1ccc1c3ccccc3n(-c3ccc(-c4nc(-c5cccc(-n6c7ccccc7c7ccc8c(c76)-c6ccccc6C8(C)C)c5)c5cc(-c6cccc(-n7c8ccccc8c8ccc9c(c87)-c7ccccc7C9(C)C)c6)ccc5n4)cc3)c21. The molecule has 0 bridgehead atoms. The lowest BCUT2D eigenvalue weighted by Gasteiger charge is -2.21. The molecular weight excluding hydrogens is 1140 g/mol. The molecule has 3 aliphatic carbocycles. The third-order valence-corrected chi connectivity index (χ3v) is 22.0. The Kier molecular flexibility index (Phi) is 10.7. The van der Waals surface area contributed by atoms with Crippen LogP contribution in [0.1, 0.15) is 74.9 Å². The van der Waals surface area contributed by atoms with Crippen molar-refractivity contribution >= 4 is 76.3 Å². The van der Waals surface area contributed by atoms with Crippen molar-refractivity contribution in [3.05, 3.63) is 306 Å². The first-order chi connectivity index (χ1) is 45.9. The summed E-state index contributed by atoms with van der Waals surface area (Å²) < 4.78 is 7.51. The second kappa shape index (κ2) is 18.9. The molecule has 0 aliphatic heterocycles. The standard InChI is InChI=1S/C89H63N5/c1-87(2)69-31-13-7-28-65(69)79-72(87)45-42-62-59-25-10-16-34-76(59)92(83(62)79)56-40-37-52(38-41-56)86-90-75-48-39-54(53-21-19-23-57(49-53)93-77-35-17-11-26-60(77)63-43-46-73-80(84(63)93)66-29-8-14-32-70(66)88(73,3)4)51-68(75)82(91-86)55-22-20-24-58(50-55)94-78-36-18-12-27-61(78)64-44-47-74-81(85(64)94)67-30-9-15-33-71(67)89(74,5)6/h7-51H,1-6H3. The first kappa shape index (κ1) is 53.3. The Morgan fingerprint density at radius 2 is 0.638 bits per heavy atom. The molecule has 0 saturated carbocycles. The maximum atomic E-state index is 5.77. The van der Waals surface area contributed by atoms with Crippen molar-refractivity contribution in [3.63, 3.8) is 0 Å². The molecule has 4 aromatic heterocycles. The summed E-state index contributed by atoms with van der Waals surface area (Å²) in [6.07, 6.45) is 0. The summed E-state index contributed by atoms with van der Waals surface area (Å²) in [6, 6.07) is 102. The monoisotopic (exact) mass is 1200 g/mol. The van der Waals surface area contributed by atoms with Crippen molar-refractivity contribution in [2.75, 3.05) is 0 Å². The molecule has 5 heteroatoms. The molecule has 0 spiro atoms. The fraction of sp³-hybridized carbons (Fsp3) is 0.101. The Hall–Kier alpha value is -11.4. The lowest BCUT2D eigenvalue weighted by atomic mass is 9.82. The third-order valence-electron chi connectivity index (χ3n) is 22.0. The zero-order valence-corrected chi connectivity index (χ0v) is 53.2. The van der Waals surface area contributed by atoms with Crippen LogP contribution in [0.5, 0.6) is 0 Å². The predicted octanol–water partition coefficient (Wildman–Crippen LogP) is 22.8. The molecule has 3 aliphatic rings. The van der Waals surface area contributed by atoms with Crippen LogP contribution < -0.4 is 0 Å². The van der Waals surface area contributed by atoms with E-state index in [1.165, 1.54) is 132 Å². The van der Waals surface area contributed by atoms with Gasteiger partial charge in [-0.2, -0.15) is 0 Å². The number of hydrogen-bond donors (Lipinski definition) is 0. The molecule has 94 heavy (non-hydrogen) atoms. The summed E-state index contributed by atoms with van der Waals surface area (Å²) in [5.41, 5.74) is 32.1. The first-order valence-electron chi connectivity index (χ1n) is 33.1. The number of hydrogen-bond acceptors (Lipinski definition) is 2. The van der Waals surface area contributed by atoms with Gasteiger partial charge in [0.05, 0.1) is 44.3 Å². The quantitative estimate of drug-likeness (QED) is 0.166. The van der Waals surface area contributed by atoms with E-state index < -0.39 is 0 Å². The van der Waals surface area contributed by atoms with Crippen LogP contribution in [0.15, 0.2) is 273 Å². The fourth-order valence-corrected chi connectivity index (χ4v) is 17.6. The zero-order chi connectivity index (χ0) is 62.7. The van der Waals surface area contributed by atoms with Gasteiger partial charge in [-0.15, -0.1) is 0 Å². The minimum absolute atomic E-state index is 0.132. The minimum atomic E-state index is -0.158. The molecule has 0 unspecified atom stereocenters. The maximum Gasteiger partial charge on any atom is 0.160 e. The van der Waals surface area contributed by atoms with Crippen LogP contribution in [0, 0.1) is 0 Å². The Labute approximate surface area is 545 Å². The Morgan fingerprint density at radius 3 is 1.11 bits per heavy atom. The van der Waals surface area contributed by atoms with Crippen molar-refractivity contribution in [1.82, 2.24) is 23.7 Å². The van der Waals surface area contributed by atoms with Crippen molar-refractivity contribution < 1.29 is 0 Å². The number of para-hydroxylation sites is 3. The van der Waals surface area contributed by atoms with E-state index in [1.807, 2.05) is 0 Å². The highest BCUT2D eigenvalue weighted by molar-refractivity contribution is 6.18. The third kappa shape index (κ3) is 7.08. The average molecular weight is 1200 g/mol. The van der Waals surface area contributed by atoms with Crippen LogP contribution in [0.2, 0.25) is 0 Å². The number of aromatic nitrogens is 5. The largest absolute Gasteiger partial charge is 0.309 e. The highest BCUT2D eigenvalue weighted by Gasteiger charge is 2.41. The first-order valence-corrected chi connectivity index (χ1v) is 33.1. The Balaban J connectivity index is 0.784. The van der Waals surface area contributed by atoms with Gasteiger partial charge < -0.3 is 13.7 Å². The summed E-state index contributed by atoms with van der Waals surface area (Å²) in [5.74, 6) is 0.671. The molecule has 444 valence electrons. The van der Waals surface area contributed by atoms with Crippen molar-refractivity contribution in [3.8, 4) is 84.2 Å². The zero-order valence-electron chi connectivity index (χ0n) is 53.2. The highest BCUT2D eigenvalue weighted by Crippen LogP contribution is 2.57. The Bertz CT molecular complexity index is 6200. The van der Waals surface area contributed by atoms with Crippen LogP contribution in [-0.2, 0) is 16.2 Å². The summed E-state index contributed by atoms with van der Waals surface area (Å²) >= 11 is 0. The minimum Gasteiger partial charge on any atom is -0.309 e. The molecule has 5 nitrogen and oxygen atoms in total. The van der Waals surface area contributed by atoms with Crippen LogP contribution in [0.3, 0.4) is 0 Å². The van der Waals surface area contributed by atoms with Gasteiger partial charge in [0.25, 0.3) is 0 Å². The molecule has 0 amide bonds. The number of nitrogens with zero attached hydrogens (tertiary/aromatic N) is 5. The molecule has 0 radical (unpaired) electrons. The molecule has 4 heterocycles. The highest BCUT2D eigenvalue weighted by atomic mass is 15.0. The second-order valence-electron chi connectivity index (χ2n) is 28.0. The molecule has 13 aromatic carbocycles. The van der Waals surface area contributed by atoms with Gasteiger partial charge in [-0.1, -0.05) is 236 Å². The van der Waals surface area contributed by atoms with E-state index in [9.17, 15) is 0 Å². The van der Waals surface area contributed by atoms with Crippen molar-refractivity contribution in [2.45, 2.75) is 57.8 Å². The van der Waals surface area contributed by atoms with E-state index in [1.54, 1.807) is 0 Å². The van der Waals surface area contributed by atoms with E-state index in [4.69, 9.17) is 9.97 Å². The van der Waals surface area contributed by atoms with E-state index in [-0.39, 0.29) is 16.2 Å². The van der Waals surface area contributed by atoms with Gasteiger partial charge >= 0.3 is 0 Å². The van der Waals surface area contributed by atoms with Gasteiger partial charge in [0, 0.05) is 98.8 Å². The maximum absolute atomic E-state index is 5.77. The van der Waals surface area contributed by atoms with Gasteiger partial charge in [0.15, 0.2) is 5.82 Å². The summed E-state index contributed by atoms with van der Waals surface area (Å²) in [7, 11) is 0. The van der Waals surface area contributed by atoms with Crippen LogP contribution in [0.4, 0.5) is 0 Å². The van der Waals surface area contributed by atoms with E-state index in [2.05, 4.69) is 328 Å². The summed E-state index contributed by atoms with van der Waals surface area (Å²) in [6.45, 7) is 14.2. The van der Waals surface area contributed by atoms with Gasteiger partial charge in [0.1, 0.15) is 0 Å². The summed E-state index contributed by atoms with van der Waals surface area (Å²) in [5, 5.41) is 8.47. The summed E-state index contributed by atoms with van der Waals surface area (Å²) in [4.78, 5) is 11.3.